The molecule has 0 fully saturated rings. The summed E-state index contributed by atoms with van der Waals surface area (Å²) >= 11 is 1.43. The smallest absolute Gasteiger partial charge is 0.338 e. The van der Waals surface area contributed by atoms with Crippen LogP contribution < -0.4 is 5.32 Å². The summed E-state index contributed by atoms with van der Waals surface area (Å²) in [5.74, 6) is -0.149. The van der Waals surface area contributed by atoms with Crippen molar-refractivity contribution in [3.8, 4) is 11.4 Å². The monoisotopic (exact) mass is 441 g/mol. The molecule has 1 aliphatic rings. The van der Waals surface area contributed by atoms with E-state index < -0.39 is 23.2 Å². The van der Waals surface area contributed by atoms with Crippen molar-refractivity contribution in [1.29, 1.82) is 0 Å². The topological polar surface area (TPSA) is 57.8 Å². The predicted molar refractivity (Wildman–Crippen MR) is 115 cm³/mol. The van der Waals surface area contributed by atoms with Gasteiger partial charge < -0.3 is 10.3 Å². The Morgan fingerprint density at radius 2 is 1.77 bits per heavy atom. The van der Waals surface area contributed by atoms with E-state index in [2.05, 4.69) is 15.3 Å². The number of para-hydroxylation sites is 2. The molecule has 0 bridgehead atoms. The average molecular weight is 441 g/mol. The zero-order valence-electron chi connectivity index (χ0n) is 16.3. The van der Waals surface area contributed by atoms with Crippen molar-refractivity contribution in [2.45, 2.75) is 31.9 Å². The molecule has 2 aromatic carbocycles. The molecule has 0 atom stereocenters. The lowest BCUT2D eigenvalue weighted by molar-refractivity contribution is -0.137. The van der Waals surface area contributed by atoms with Crippen molar-refractivity contribution in [2.24, 2.45) is 0 Å². The number of benzene rings is 2. The largest absolute Gasteiger partial charge is 0.417 e. The molecule has 2 aromatic heterocycles. The van der Waals surface area contributed by atoms with Crippen LogP contribution >= 0.6 is 11.3 Å². The highest BCUT2D eigenvalue weighted by atomic mass is 32.1. The van der Waals surface area contributed by atoms with Gasteiger partial charge in [-0.05, 0) is 55.5 Å². The number of anilines is 1. The van der Waals surface area contributed by atoms with Gasteiger partial charge in [-0.3, -0.25) is 4.79 Å². The molecule has 5 rings (SSSR count). The van der Waals surface area contributed by atoms with E-state index in [1.807, 2.05) is 24.3 Å². The highest BCUT2D eigenvalue weighted by Crippen LogP contribution is 2.44. The number of amides is 1. The summed E-state index contributed by atoms with van der Waals surface area (Å²) in [5.41, 5.74) is 2.24. The zero-order chi connectivity index (χ0) is 21.6. The molecule has 0 aliphatic heterocycles. The summed E-state index contributed by atoms with van der Waals surface area (Å²) in [6.45, 7) is 0. The number of hydrogen-bond donors (Lipinski definition) is 2. The summed E-state index contributed by atoms with van der Waals surface area (Å²) < 4.78 is 40.2. The number of imidazole rings is 1. The minimum absolute atomic E-state index is 0.392. The Hall–Kier alpha value is -3.13. The molecule has 0 radical (unpaired) electrons. The van der Waals surface area contributed by atoms with Gasteiger partial charge in [-0.15, -0.1) is 11.3 Å². The van der Waals surface area contributed by atoms with Crippen molar-refractivity contribution < 1.29 is 18.0 Å². The van der Waals surface area contributed by atoms with Gasteiger partial charge in [0.25, 0.3) is 5.91 Å². The SMILES string of the molecule is O=C(Nc1sc2c(c1-c1nc3ccccc3[nH]1)CCCC2)c1ccccc1C(F)(F)F. The van der Waals surface area contributed by atoms with Crippen LogP contribution in [0, 0.1) is 0 Å². The maximum Gasteiger partial charge on any atom is 0.417 e. The summed E-state index contributed by atoms with van der Waals surface area (Å²) in [7, 11) is 0. The van der Waals surface area contributed by atoms with Crippen LogP contribution in [0.25, 0.3) is 22.4 Å². The van der Waals surface area contributed by atoms with Crippen LogP contribution in [0.3, 0.4) is 0 Å². The summed E-state index contributed by atoms with van der Waals surface area (Å²) in [6.07, 6.45) is -0.779. The van der Waals surface area contributed by atoms with Crippen molar-refractivity contribution in [3.63, 3.8) is 0 Å². The summed E-state index contributed by atoms with van der Waals surface area (Å²) in [6, 6.07) is 12.5. The fourth-order valence-electron chi connectivity index (χ4n) is 4.07. The van der Waals surface area contributed by atoms with Gasteiger partial charge in [0.2, 0.25) is 0 Å². The van der Waals surface area contributed by atoms with Crippen LogP contribution in [-0.2, 0) is 19.0 Å². The number of aromatic nitrogens is 2. The molecular weight excluding hydrogens is 423 g/mol. The van der Waals surface area contributed by atoms with Gasteiger partial charge in [0.15, 0.2) is 0 Å². The molecule has 2 N–H and O–H groups in total. The number of aromatic amines is 1. The molecule has 158 valence electrons. The summed E-state index contributed by atoms with van der Waals surface area (Å²) in [5, 5.41) is 3.29. The van der Waals surface area contributed by atoms with Crippen molar-refractivity contribution in [3.05, 3.63) is 70.1 Å². The van der Waals surface area contributed by atoms with Crippen LogP contribution in [0.15, 0.2) is 48.5 Å². The van der Waals surface area contributed by atoms with Crippen LogP contribution in [0.1, 0.15) is 39.2 Å². The molecule has 31 heavy (non-hydrogen) atoms. The number of hydrogen-bond acceptors (Lipinski definition) is 3. The third kappa shape index (κ3) is 3.61. The second-order valence-electron chi connectivity index (χ2n) is 7.52. The number of rotatable bonds is 3. The van der Waals surface area contributed by atoms with E-state index in [-0.39, 0.29) is 0 Å². The first kappa shape index (κ1) is 19.8. The lowest BCUT2D eigenvalue weighted by atomic mass is 9.95. The number of carbonyl (C=O) groups is 1. The van der Waals surface area contributed by atoms with Gasteiger partial charge in [-0.2, -0.15) is 13.2 Å². The Morgan fingerprint density at radius 3 is 2.58 bits per heavy atom. The lowest BCUT2D eigenvalue weighted by Gasteiger charge is -2.13. The second-order valence-corrected chi connectivity index (χ2v) is 8.62. The van der Waals surface area contributed by atoms with Crippen molar-refractivity contribution >= 4 is 33.3 Å². The molecule has 1 amide bonds. The number of nitrogens with one attached hydrogen (secondary N) is 2. The highest BCUT2D eigenvalue weighted by molar-refractivity contribution is 7.17. The van der Waals surface area contributed by atoms with Crippen molar-refractivity contribution in [1.82, 2.24) is 9.97 Å². The summed E-state index contributed by atoms with van der Waals surface area (Å²) in [4.78, 5) is 22.1. The highest BCUT2D eigenvalue weighted by Gasteiger charge is 2.35. The van der Waals surface area contributed by atoms with E-state index in [1.54, 1.807) is 0 Å². The second kappa shape index (κ2) is 7.53. The number of thiophene rings is 1. The molecule has 4 aromatic rings. The minimum atomic E-state index is -4.61. The maximum absolute atomic E-state index is 13.4. The Balaban J connectivity index is 1.59. The van der Waals surface area contributed by atoms with Crippen molar-refractivity contribution in [2.75, 3.05) is 5.32 Å². The molecule has 0 unspecified atom stereocenters. The first-order chi connectivity index (χ1) is 14.9. The van der Waals surface area contributed by atoms with Gasteiger partial charge >= 0.3 is 6.18 Å². The van der Waals surface area contributed by atoms with E-state index in [9.17, 15) is 18.0 Å². The number of fused-ring (bicyclic) bond motifs is 2. The average Bonchev–Trinajstić information content (AvgIpc) is 3.33. The molecule has 4 nitrogen and oxygen atoms in total. The minimum Gasteiger partial charge on any atom is -0.338 e. The molecule has 1 aliphatic carbocycles. The van der Waals surface area contributed by atoms with Crippen LogP contribution in [0.2, 0.25) is 0 Å². The van der Waals surface area contributed by atoms with E-state index >= 15 is 0 Å². The molecule has 0 saturated carbocycles. The fourth-order valence-corrected chi connectivity index (χ4v) is 5.36. The molecule has 8 heteroatoms. The number of alkyl halides is 3. The van der Waals surface area contributed by atoms with Gasteiger partial charge in [0.05, 0.1) is 27.7 Å². The number of carbonyl (C=O) groups excluding carboxylic acids is 1. The molecule has 0 spiro atoms. The number of H-pyrrole nitrogens is 1. The fraction of sp³-hybridized carbons (Fsp3) is 0.217. The van der Waals surface area contributed by atoms with E-state index in [0.29, 0.717) is 10.8 Å². The van der Waals surface area contributed by atoms with E-state index in [1.165, 1.54) is 29.5 Å². The Kier molecular flexibility index (Phi) is 4.81. The zero-order valence-corrected chi connectivity index (χ0v) is 17.2. The van der Waals surface area contributed by atoms with Gasteiger partial charge in [-0.25, -0.2) is 4.98 Å². The van der Waals surface area contributed by atoms with Crippen LogP contribution in [0.4, 0.5) is 18.2 Å². The Morgan fingerprint density at radius 1 is 1.03 bits per heavy atom. The van der Waals surface area contributed by atoms with E-state index in [0.717, 1.165) is 58.8 Å². The predicted octanol–water partition coefficient (Wildman–Crippen LogP) is 6.44. The standard InChI is InChI=1S/C23H18F3N3OS/c24-23(25,26)15-9-3-1-7-13(15)21(30)29-22-19(14-8-2-6-12-18(14)31-22)20-27-16-10-4-5-11-17(16)28-20/h1,3-5,7,9-11H,2,6,8,12H2,(H,27,28)(H,29,30). The third-order valence-electron chi connectivity index (χ3n) is 5.50. The normalized spacial score (nSPS) is 13.9. The molecular formula is C23H18F3N3OS. The first-order valence-electron chi connectivity index (χ1n) is 9.99. The first-order valence-corrected chi connectivity index (χ1v) is 10.8. The molecule has 2 heterocycles. The van der Waals surface area contributed by atoms with Crippen LogP contribution in [0.5, 0.6) is 0 Å². The Bertz CT molecular complexity index is 1260. The van der Waals surface area contributed by atoms with E-state index in [4.69, 9.17) is 0 Å². The number of nitrogens with zero attached hydrogens (tertiary/aromatic N) is 1. The Labute approximate surface area is 180 Å². The molecule has 0 saturated heterocycles. The van der Waals surface area contributed by atoms with Gasteiger partial charge in [0, 0.05) is 4.88 Å². The maximum atomic E-state index is 13.4. The number of aryl methyl sites for hydroxylation is 1. The van der Waals surface area contributed by atoms with Crippen LogP contribution in [-0.4, -0.2) is 15.9 Å². The van der Waals surface area contributed by atoms with Gasteiger partial charge in [0.1, 0.15) is 10.8 Å². The third-order valence-corrected chi connectivity index (χ3v) is 6.71. The number of halogens is 3. The van der Waals surface area contributed by atoms with Gasteiger partial charge in [-0.1, -0.05) is 24.3 Å². The quantitative estimate of drug-likeness (QED) is 0.384. The lowest BCUT2D eigenvalue weighted by Crippen LogP contribution is -2.18.